The zero-order valence-corrected chi connectivity index (χ0v) is 20.8. The number of fused-ring (bicyclic) bond motifs is 2. The number of benzene rings is 4. The number of carbonyl (C=O) groups excluding carboxylic acids is 1. The summed E-state index contributed by atoms with van der Waals surface area (Å²) in [4.78, 5) is 12.4. The summed E-state index contributed by atoms with van der Waals surface area (Å²) >= 11 is 0. The molecule has 5 rings (SSSR count). The van der Waals surface area contributed by atoms with Gasteiger partial charge in [0, 0.05) is 12.0 Å². The average molecular weight is 464 g/mol. The van der Waals surface area contributed by atoms with E-state index in [1.807, 2.05) is 13.0 Å². The molecule has 0 bridgehead atoms. The molecule has 178 valence electrons. The molecule has 0 saturated carbocycles. The number of esters is 1. The van der Waals surface area contributed by atoms with Crippen molar-refractivity contribution in [3.8, 4) is 0 Å². The topological polar surface area (TPSA) is 38.3 Å². The minimum Gasteiger partial charge on any atom is -0.465 e. The molecule has 0 radical (unpaired) electrons. The fourth-order valence-electron chi connectivity index (χ4n) is 5.65. The van der Waals surface area contributed by atoms with Gasteiger partial charge in [0.2, 0.25) is 0 Å². The number of hydrogen-bond acceptors (Lipinski definition) is 3. The molecule has 4 aromatic rings. The van der Waals surface area contributed by atoms with Crippen molar-refractivity contribution < 1.29 is 9.53 Å². The third-order valence-corrected chi connectivity index (χ3v) is 7.58. The average Bonchev–Trinajstić information content (AvgIpc) is 2.90. The minimum atomic E-state index is -0.268. The van der Waals surface area contributed by atoms with Gasteiger partial charge >= 0.3 is 5.97 Å². The van der Waals surface area contributed by atoms with Crippen LogP contribution in [0.3, 0.4) is 0 Å². The summed E-state index contributed by atoms with van der Waals surface area (Å²) in [7, 11) is 1.45. The number of carbonyl (C=O) groups is 1. The van der Waals surface area contributed by atoms with E-state index in [1.54, 1.807) is 0 Å². The zero-order chi connectivity index (χ0) is 24.4. The lowest BCUT2D eigenvalue weighted by atomic mass is 9.73. The van der Waals surface area contributed by atoms with E-state index in [2.05, 4.69) is 91.1 Å². The van der Waals surface area contributed by atoms with Crippen molar-refractivity contribution in [1.82, 2.24) is 5.32 Å². The highest BCUT2D eigenvalue weighted by atomic mass is 16.5. The van der Waals surface area contributed by atoms with E-state index >= 15 is 0 Å². The molecule has 3 heteroatoms. The third-order valence-electron chi connectivity index (χ3n) is 7.58. The van der Waals surface area contributed by atoms with Crippen LogP contribution in [0.2, 0.25) is 0 Å². The molecule has 35 heavy (non-hydrogen) atoms. The third kappa shape index (κ3) is 4.74. The molecule has 0 amide bonds. The maximum absolute atomic E-state index is 12.4. The van der Waals surface area contributed by atoms with Crippen molar-refractivity contribution in [2.24, 2.45) is 5.92 Å². The van der Waals surface area contributed by atoms with Gasteiger partial charge in [0.15, 0.2) is 0 Å². The van der Waals surface area contributed by atoms with Crippen molar-refractivity contribution >= 4 is 16.7 Å². The molecule has 0 aliphatic heterocycles. The maximum Gasteiger partial charge on any atom is 0.338 e. The summed E-state index contributed by atoms with van der Waals surface area (Å²) in [6, 6.07) is 30.5. The van der Waals surface area contributed by atoms with Crippen molar-refractivity contribution in [1.29, 1.82) is 0 Å². The van der Waals surface area contributed by atoms with E-state index in [0.29, 0.717) is 11.5 Å². The van der Waals surface area contributed by atoms with E-state index in [-0.39, 0.29) is 17.9 Å². The van der Waals surface area contributed by atoms with Crippen molar-refractivity contribution in [3.05, 3.63) is 118 Å². The molecular formula is C32H33NO2. The van der Waals surface area contributed by atoms with Crippen LogP contribution in [0, 0.1) is 12.8 Å². The van der Waals surface area contributed by atoms with Gasteiger partial charge in [-0.25, -0.2) is 4.79 Å². The highest BCUT2D eigenvalue weighted by molar-refractivity contribution is 5.91. The first-order valence-electron chi connectivity index (χ1n) is 12.5. The summed E-state index contributed by atoms with van der Waals surface area (Å²) in [5, 5.41) is 6.44. The number of rotatable bonds is 6. The predicted molar refractivity (Wildman–Crippen MR) is 143 cm³/mol. The van der Waals surface area contributed by atoms with E-state index in [0.717, 1.165) is 24.9 Å². The van der Waals surface area contributed by atoms with Gasteiger partial charge in [-0.3, -0.25) is 0 Å². The van der Waals surface area contributed by atoms with Crippen LogP contribution < -0.4 is 5.32 Å². The molecule has 0 spiro atoms. The molecule has 0 saturated heterocycles. The molecular weight excluding hydrogens is 430 g/mol. The van der Waals surface area contributed by atoms with Crippen molar-refractivity contribution in [3.63, 3.8) is 0 Å². The Morgan fingerprint density at radius 3 is 2.63 bits per heavy atom. The highest BCUT2D eigenvalue weighted by Crippen LogP contribution is 2.40. The SMILES string of the molecule is COC(=O)c1cc(C2CC(CNC(C)c3cccc4ccccc34)Cc3ccccc32)ccc1C. The van der Waals surface area contributed by atoms with Gasteiger partial charge in [0.05, 0.1) is 12.7 Å². The Balaban J connectivity index is 1.39. The summed E-state index contributed by atoms with van der Waals surface area (Å²) < 4.78 is 5.04. The Morgan fingerprint density at radius 1 is 1.00 bits per heavy atom. The number of methoxy groups -OCH3 is 1. The predicted octanol–water partition coefficient (Wildman–Crippen LogP) is 6.98. The van der Waals surface area contributed by atoms with Crippen LogP contribution in [0.25, 0.3) is 10.8 Å². The number of nitrogens with one attached hydrogen (secondary N) is 1. The van der Waals surface area contributed by atoms with Crippen LogP contribution in [-0.4, -0.2) is 19.6 Å². The molecule has 3 unspecified atom stereocenters. The maximum atomic E-state index is 12.4. The van der Waals surface area contributed by atoms with Crippen LogP contribution >= 0.6 is 0 Å². The van der Waals surface area contributed by atoms with Crippen LogP contribution in [0.1, 0.15) is 63.5 Å². The highest BCUT2D eigenvalue weighted by Gasteiger charge is 2.29. The van der Waals surface area contributed by atoms with Gasteiger partial charge in [-0.05, 0) is 83.8 Å². The molecule has 0 aromatic heterocycles. The van der Waals surface area contributed by atoms with Crippen LogP contribution in [-0.2, 0) is 11.2 Å². The Hall–Kier alpha value is -3.43. The molecule has 3 nitrogen and oxygen atoms in total. The second kappa shape index (κ2) is 10.1. The molecule has 0 heterocycles. The van der Waals surface area contributed by atoms with Gasteiger partial charge < -0.3 is 10.1 Å². The molecule has 1 N–H and O–H groups in total. The summed E-state index contributed by atoms with van der Waals surface area (Å²) in [5.74, 6) is 0.509. The first-order valence-corrected chi connectivity index (χ1v) is 12.5. The van der Waals surface area contributed by atoms with E-state index in [9.17, 15) is 4.79 Å². The summed E-state index contributed by atoms with van der Waals surface area (Å²) in [6.07, 6.45) is 2.12. The lowest BCUT2D eigenvalue weighted by Crippen LogP contribution is -2.31. The smallest absolute Gasteiger partial charge is 0.338 e. The fourth-order valence-corrected chi connectivity index (χ4v) is 5.65. The number of ether oxygens (including phenoxy) is 1. The Bertz CT molecular complexity index is 1350. The monoisotopic (exact) mass is 463 g/mol. The van der Waals surface area contributed by atoms with Crippen LogP contribution in [0.15, 0.2) is 84.9 Å². The lowest BCUT2D eigenvalue weighted by Gasteiger charge is -2.33. The molecule has 1 aliphatic carbocycles. The Labute approximate surface area is 208 Å². The molecule has 0 fully saturated rings. The van der Waals surface area contributed by atoms with Crippen molar-refractivity contribution in [2.45, 2.75) is 38.6 Å². The quantitative estimate of drug-likeness (QED) is 0.314. The first kappa shape index (κ1) is 23.3. The molecule has 1 aliphatic rings. The standard InChI is InChI=1S/C32H33NO2/c1-21-15-16-26(19-30(21)32(34)35-3)31-18-23(17-25-10-5-7-13-29(25)31)20-33-22(2)27-14-8-11-24-9-4-6-12-28(24)27/h4-16,19,22-23,31,33H,17-18,20H2,1-3H3. The largest absolute Gasteiger partial charge is 0.465 e. The van der Waals surface area contributed by atoms with E-state index < -0.39 is 0 Å². The lowest BCUT2D eigenvalue weighted by molar-refractivity contribution is 0.0599. The molecule has 3 atom stereocenters. The second-order valence-corrected chi connectivity index (χ2v) is 9.82. The van der Waals surface area contributed by atoms with Crippen LogP contribution in [0.5, 0.6) is 0 Å². The van der Waals surface area contributed by atoms with Gasteiger partial charge in [-0.2, -0.15) is 0 Å². The Morgan fingerprint density at radius 2 is 1.77 bits per heavy atom. The van der Waals surface area contributed by atoms with E-state index in [1.165, 1.54) is 40.1 Å². The van der Waals surface area contributed by atoms with Gasteiger partial charge in [0.1, 0.15) is 0 Å². The number of hydrogen-bond donors (Lipinski definition) is 1. The summed E-state index contributed by atoms with van der Waals surface area (Å²) in [5.41, 5.74) is 6.94. The van der Waals surface area contributed by atoms with Gasteiger partial charge in [0.25, 0.3) is 0 Å². The molecule has 4 aromatic carbocycles. The van der Waals surface area contributed by atoms with E-state index in [4.69, 9.17) is 4.74 Å². The summed E-state index contributed by atoms with van der Waals surface area (Å²) in [6.45, 7) is 5.18. The van der Waals surface area contributed by atoms with Crippen molar-refractivity contribution in [2.75, 3.05) is 13.7 Å². The fraction of sp³-hybridized carbons (Fsp3) is 0.281. The first-order chi connectivity index (χ1) is 17.0. The normalized spacial score (nSPS) is 18.1. The van der Waals surface area contributed by atoms with Gasteiger partial charge in [-0.1, -0.05) is 78.9 Å². The second-order valence-electron chi connectivity index (χ2n) is 9.82. The minimum absolute atomic E-state index is 0.266. The zero-order valence-electron chi connectivity index (χ0n) is 20.8. The number of aryl methyl sites for hydroxylation is 1. The Kier molecular flexibility index (Phi) is 6.70. The van der Waals surface area contributed by atoms with Crippen LogP contribution in [0.4, 0.5) is 0 Å². The van der Waals surface area contributed by atoms with Gasteiger partial charge in [-0.15, -0.1) is 0 Å².